The first-order chi connectivity index (χ1) is 12.4. The van der Waals surface area contributed by atoms with Crippen molar-refractivity contribution in [2.24, 2.45) is 0 Å². The highest BCUT2D eigenvalue weighted by Crippen LogP contribution is 2.27. The van der Waals surface area contributed by atoms with Gasteiger partial charge in [0, 0.05) is 12.1 Å². The number of methoxy groups -OCH3 is 1. The highest BCUT2D eigenvalue weighted by Gasteiger charge is 2.23. The summed E-state index contributed by atoms with van der Waals surface area (Å²) in [6.45, 7) is 0. The zero-order valence-corrected chi connectivity index (χ0v) is 15.6. The van der Waals surface area contributed by atoms with Crippen LogP contribution < -0.4 is 0 Å². The van der Waals surface area contributed by atoms with Crippen LogP contribution in [0, 0.1) is 0 Å². The smallest absolute Gasteiger partial charge is 0.305 e. The van der Waals surface area contributed by atoms with Crippen molar-refractivity contribution < 1.29 is 17.9 Å². The number of ether oxygens (including phenoxy) is 1. The number of pyridine rings is 1. The molecule has 136 valence electrons. The molecule has 1 aromatic carbocycles. The molecule has 3 rings (SSSR count). The van der Waals surface area contributed by atoms with E-state index in [1.54, 1.807) is 48.5 Å². The summed E-state index contributed by atoms with van der Waals surface area (Å²) in [5.41, 5.74) is 1.49. The maximum Gasteiger partial charge on any atom is 0.305 e. The van der Waals surface area contributed by atoms with Crippen molar-refractivity contribution >= 4 is 38.6 Å². The number of nitrogens with zero attached hydrogens (tertiary/aromatic N) is 2. The molecule has 0 fully saturated rings. The van der Waals surface area contributed by atoms with Crippen LogP contribution in [0.1, 0.15) is 18.5 Å². The van der Waals surface area contributed by atoms with Crippen LogP contribution in [-0.4, -0.2) is 30.5 Å². The van der Waals surface area contributed by atoms with Gasteiger partial charge in [0.25, 0.3) is 10.0 Å². The second-order valence-corrected chi connectivity index (χ2v) is 7.86. The molecule has 0 aliphatic carbocycles. The second kappa shape index (κ2) is 7.47. The standard InChI is InChI=1S/C18H17ClN2O4S/c1-25-18(22)9-5-6-13-12-15-16(10-11-17(19)20-15)21(13)26(23,24)14-7-3-2-4-8-14/h2-4,7-8,10-12H,5-6,9H2,1H3. The highest BCUT2D eigenvalue weighted by molar-refractivity contribution is 7.90. The number of esters is 1. The Morgan fingerprint density at radius 1 is 1.19 bits per heavy atom. The summed E-state index contributed by atoms with van der Waals surface area (Å²) in [5, 5.41) is 0.285. The molecular weight excluding hydrogens is 376 g/mol. The number of hydrogen-bond acceptors (Lipinski definition) is 5. The van der Waals surface area contributed by atoms with Crippen LogP contribution >= 0.6 is 11.6 Å². The van der Waals surface area contributed by atoms with Gasteiger partial charge in [0.15, 0.2) is 0 Å². The van der Waals surface area contributed by atoms with Crippen LogP contribution in [0.15, 0.2) is 53.4 Å². The fourth-order valence-corrected chi connectivity index (χ4v) is 4.50. The molecule has 26 heavy (non-hydrogen) atoms. The summed E-state index contributed by atoms with van der Waals surface area (Å²) >= 11 is 5.95. The molecule has 0 unspecified atom stereocenters. The molecule has 0 saturated heterocycles. The molecule has 0 bridgehead atoms. The van der Waals surface area contributed by atoms with Gasteiger partial charge in [-0.25, -0.2) is 17.4 Å². The van der Waals surface area contributed by atoms with E-state index in [0.29, 0.717) is 29.6 Å². The highest BCUT2D eigenvalue weighted by atomic mass is 35.5. The van der Waals surface area contributed by atoms with E-state index in [4.69, 9.17) is 11.6 Å². The first-order valence-corrected chi connectivity index (χ1v) is 9.79. The van der Waals surface area contributed by atoms with Crippen molar-refractivity contribution in [1.29, 1.82) is 0 Å². The van der Waals surface area contributed by atoms with E-state index >= 15 is 0 Å². The van der Waals surface area contributed by atoms with Crippen LogP contribution in [0.3, 0.4) is 0 Å². The fraction of sp³-hybridized carbons (Fsp3) is 0.222. The van der Waals surface area contributed by atoms with Crippen molar-refractivity contribution in [2.45, 2.75) is 24.2 Å². The van der Waals surface area contributed by atoms with Gasteiger partial charge in [-0.3, -0.25) is 4.79 Å². The van der Waals surface area contributed by atoms with Gasteiger partial charge in [-0.15, -0.1) is 0 Å². The molecule has 0 amide bonds. The summed E-state index contributed by atoms with van der Waals surface area (Å²) in [7, 11) is -2.48. The molecule has 0 N–H and O–H groups in total. The molecule has 8 heteroatoms. The summed E-state index contributed by atoms with van der Waals surface area (Å²) in [5.74, 6) is -0.334. The van der Waals surface area contributed by atoms with Gasteiger partial charge in [-0.1, -0.05) is 29.8 Å². The van der Waals surface area contributed by atoms with Gasteiger partial charge >= 0.3 is 5.97 Å². The first kappa shape index (κ1) is 18.4. The van der Waals surface area contributed by atoms with E-state index in [9.17, 15) is 13.2 Å². The van der Waals surface area contributed by atoms with Crippen LogP contribution in [0.5, 0.6) is 0 Å². The molecule has 6 nitrogen and oxygen atoms in total. The number of aryl methyl sites for hydroxylation is 1. The summed E-state index contributed by atoms with van der Waals surface area (Å²) < 4.78 is 32.3. The molecule has 0 aliphatic heterocycles. The Hall–Kier alpha value is -2.38. The van der Waals surface area contributed by atoms with Gasteiger partial charge < -0.3 is 4.74 Å². The quantitative estimate of drug-likeness (QED) is 0.474. The molecule has 3 aromatic rings. The third-order valence-corrected chi connectivity index (χ3v) is 5.96. The topological polar surface area (TPSA) is 78.3 Å². The van der Waals surface area contributed by atoms with Crippen molar-refractivity contribution in [2.75, 3.05) is 7.11 Å². The third-order valence-electron chi connectivity index (χ3n) is 3.97. The Labute approximate surface area is 156 Å². The van der Waals surface area contributed by atoms with Gasteiger partial charge in [-0.05, 0) is 43.2 Å². The lowest BCUT2D eigenvalue weighted by molar-refractivity contribution is -0.140. The molecule has 0 atom stereocenters. The van der Waals surface area contributed by atoms with Gasteiger partial charge in [0.05, 0.1) is 23.0 Å². The lowest BCUT2D eigenvalue weighted by Gasteiger charge is -2.12. The van der Waals surface area contributed by atoms with Gasteiger partial charge in [0.2, 0.25) is 0 Å². The maximum atomic E-state index is 13.2. The minimum absolute atomic E-state index is 0.182. The summed E-state index contributed by atoms with van der Waals surface area (Å²) in [4.78, 5) is 15.7. The second-order valence-electron chi connectivity index (χ2n) is 5.69. The third kappa shape index (κ3) is 3.59. The number of hydrogen-bond donors (Lipinski definition) is 0. The van der Waals surface area contributed by atoms with Crippen LogP contribution in [0.2, 0.25) is 5.15 Å². The lowest BCUT2D eigenvalue weighted by Crippen LogP contribution is -2.16. The Kier molecular flexibility index (Phi) is 5.29. The predicted octanol–water partition coefficient (Wildman–Crippen LogP) is 3.42. The molecule has 0 radical (unpaired) electrons. The normalized spacial score (nSPS) is 11.6. The monoisotopic (exact) mass is 392 g/mol. The lowest BCUT2D eigenvalue weighted by atomic mass is 10.2. The fourth-order valence-electron chi connectivity index (χ4n) is 2.76. The predicted molar refractivity (Wildman–Crippen MR) is 98.7 cm³/mol. The van der Waals surface area contributed by atoms with Gasteiger partial charge in [0.1, 0.15) is 5.15 Å². The largest absolute Gasteiger partial charge is 0.469 e. The molecule has 0 saturated carbocycles. The Balaban J connectivity index is 2.09. The van der Waals surface area contributed by atoms with Crippen LogP contribution in [0.25, 0.3) is 11.0 Å². The van der Waals surface area contributed by atoms with Crippen LogP contribution in [0.4, 0.5) is 0 Å². The number of halogens is 1. The molecule has 2 aromatic heterocycles. The molecular formula is C18H17ClN2O4S. The van der Waals surface area contributed by atoms with E-state index in [1.165, 1.54) is 11.1 Å². The molecule has 2 heterocycles. The van der Waals surface area contributed by atoms with Crippen molar-refractivity contribution in [3.8, 4) is 0 Å². The number of rotatable bonds is 6. The minimum Gasteiger partial charge on any atom is -0.469 e. The molecule has 0 aliphatic rings. The van der Waals surface area contributed by atoms with Crippen molar-refractivity contribution in [1.82, 2.24) is 8.96 Å². The number of benzene rings is 1. The number of carbonyl (C=O) groups is 1. The van der Waals surface area contributed by atoms with E-state index in [0.717, 1.165) is 0 Å². The van der Waals surface area contributed by atoms with E-state index in [-0.39, 0.29) is 22.4 Å². The Bertz CT molecular complexity index is 1050. The zero-order valence-electron chi connectivity index (χ0n) is 14.1. The average Bonchev–Trinajstić information content (AvgIpc) is 3.00. The minimum atomic E-state index is -3.80. The van der Waals surface area contributed by atoms with Crippen molar-refractivity contribution in [3.63, 3.8) is 0 Å². The summed E-state index contributed by atoms with van der Waals surface area (Å²) in [6.07, 6.45) is 1.05. The van der Waals surface area contributed by atoms with Gasteiger partial charge in [-0.2, -0.15) is 0 Å². The average molecular weight is 393 g/mol. The van der Waals surface area contributed by atoms with Crippen LogP contribution in [-0.2, 0) is 26.0 Å². The number of aromatic nitrogens is 2. The van der Waals surface area contributed by atoms with E-state index < -0.39 is 10.0 Å². The van der Waals surface area contributed by atoms with Crippen molar-refractivity contribution in [3.05, 3.63) is 59.4 Å². The SMILES string of the molecule is COC(=O)CCCc1cc2nc(Cl)ccc2n1S(=O)(=O)c1ccccc1. The van der Waals surface area contributed by atoms with E-state index in [2.05, 4.69) is 9.72 Å². The maximum absolute atomic E-state index is 13.2. The Morgan fingerprint density at radius 2 is 1.92 bits per heavy atom. The number of carbonyl (C=O) groups excluding carboxylic acids is 1. The Morgan fingerprint density at radius 3 is 2.62 bits per heavy atom. The summed E-state index contributed by atoms with van der Waals surface area (Å²) in [6, 6.07) is 13.1. The molecule has 0 spiro atoms. The first-order valence-electron chi connectivity index (χ1n) is 7.98. The number of fused-ring (bicyclic) bond motifs is 1. The zero-order chi connectivity index (χ0) is 18.7. The van der Waals surface area contributed by atoms with E-state index in [1.807, 2.05) is 0 Å².